The molecule has 0 fully saturated rings. The summed E-state index contributed by atoms with van der Waals surface area (Å²) in [5.41, 5.74) is 1.22. The van der Waals surface area contributed by atoms with Gasteiger partial charge in [-0.2, -0.15) is 0 Å². The molecule has 1 heterocycles. The van der Waals surface area contributed by atoms with E-state index in [0.717, 1.165) is 5.01 Å². The predicted molar refractivity (Wildman–Crippen MR) is 67.2 cm³/mol. The van der Waals surface area contributed by atoms with Crippen LogP contribution in [0.4, 0.5) is 10.1 Å². The van der Waals surface area contributed by atoms with E-state index in [1.54, 1.807) is 17.5 Å². The largest absolute Gasteiger partial charge is 0.481 e. The normalized spacial score (nSPS) is 10.3. The van der Waals surface area contributed by atoms with Gasteiger partial charge in [0, 0.05) is 11.1 Å². The first kappa shape index (κ1) is 12.5. The zero-order chi connectivity index (χ0) is 13.0. The van der Waals surface area contributed by atoms with Crippen molar-refractivity contribution in [2.75, 3.05) is 5.32 Å². The highest BCUT2D eigenvalue weighted by atomic mass is 32.1. The number of hydrogen-bond donors (Lipinski definition) is 2. The third kappa shape index (κ3) is 3.53. The third-order valence-corrected chi connectivity index (χ3v) is 3.10. The fourth-order valence-corrected chi connectivity index (χ4v) is 2.18. The zero-order valence-corrected chi connectivity index (χ0v) is 10.2. The Morgan fingerprint density at radius 1 is 1.50 bits per heavy atom. The van der Waals surface area contributed by atoms with Gasteiger partial charge in [-0.05, 0) is 18.2 Å². The number of nitrogens with one attached hydrogen (secondary N) is 1. The number of carboxylic acids is 1. The van der Waals surface area contributed by atoms with Crippen LogP contribution in [0.3, 0.4) is 0 Å². The van der Waals surface area contributed by atoms with E-state index in [1.165, 1.54) is 23.5 Å². The number of nitrogens with zero attached hydrogens (tertiary/aromatic N) is 1. The number of rotatable bonds is 5. The van der Waals surface area contributed by atoms with E-state index in [2.05, 4.69) is 10.3 Å². The van der Waals surface area contributed by atoms with Gasteiger partial charge < -0.3 is 10.4 Å². The molecule has 0 unspecified atom stereocenters. The minimum Gasteiger partial charge on any atom is -0.481 e. The number of halogens is 1. The summed E-state index contributed by atoms with van der Waals surface area (Å²) in [6.07, 6.45) is -0.0730. The quantitative estimate of drug-likeness (QED) is 0.873. The molecule has 0 saturated carbocycles. The van der Waals surface area contributed by atoms with Crippen LogP contribution in [-0.4, -0.2) is 16.1 Å². The average Bonchev–Trinajstić information content (AvgIpc) is 2.73. The van der Waals surface area contributed by atoms with Crippen LogP contribution in [0, 0.1) is 5.82 Å². The third-order valence-electron chi connectivity index (χ3n) is 2.20. The van der Waals surface area contributed by atoms with E-state index in [0.29, 0.717) is 17.9 Å². The standard InChI is InChI=1S/C12H11FN2O2S/c13-8-2-1-3-9(4-8)14-6-11-15-10(7-18-11)5-12(16)17/h1-4,7,14H,5-6H2,(H,16,17). The molecule has 2 N–H and O–H groups in total. The Morgan fingerprint density at radius 3 is 3.06 bits per heavy atom. The highest BCUT2D eigenvalue weighted by Crippen LogP contribution is 2.14. The lowest BCUT2D eigenvalue weighted by Gasteiger charge is -2.03. The van der Waals surface area contributed by atoms with E-state index in [1.807, 2.05) is 0 Å². The molecular weight excluding hydrogens is 255 g/mol. The smallest absolute Gasteiger partial charge is 0.309 e. The van der Waals surface area contributed by atoms with Gasteiger partial charge in [0.2, 0.25) is 0 Å². The van der Waals surface area contributed by atoms with E-state index >= 15 is 0 Å². The molecule has 2 rings (SSSR count). The highest BCUT2D eigenvalue weighted by molar-refractivity contribution is 7.09. The minimum atomic E-state index is -0.898. The molecule has 1 aromatic carbocycles. The van der Waals surface area contributed by atoms with Crippen molar-refractivity contribution in [1.82, 2.24) is 4.98 Å². The van der Waals surface area contributed by atoms with Crippen LogP contribution in [0.1, 0.15) is 10.7 Å². The van der Waals surface area contributed by atoms with Gasteiger partial charge in [0.15, 0.2) is 0 Å². The second kappa shape index (κ2) is 5.59. The number of hydrogen-bond acceptors (Lipinski definition) is 4. The first-order valence-corrected chi connectivity index (χ1v) is 6.16. The summed E-state index contributed by atoms with van der Waals surface area (Å²) >= 11 is 1.38. The van der Waals surface area contributed by atoms with Gasteiger partial charge in [-0.25, -0.2) is 9.37 Å². The molecular formula is C12H11FN2O2S. The van der Waals surface area contributed by atoms with Crippen LogP contribution < -0.4 is 5.32 Å². The summed E-state index contributed by atoms with van der Waals surface area (Å²) in [4.78, 5) is 14.7. The lowest BCUT2D eigenvalue weighted by molar-refractivity contribution is -0.136. The van der Waals surface area contributed by atoms with Gasteiger partial charge in [-0.15, -0.1) is 11.3 Å². The molecule has 4 nitrogen and oxygen atoms in total. The molecule has 0 bridgehead atoms. The Balaban J connectivity index is 1.94. The molecule has 0 radical (unpaired) electrons. The number of carboxylic acid groups (broad SMARTS) is 1. The van der Waals surface area contributed by atoms with Crippen molar-refractivity contribution in [1.29, 1.82) is 0 Å². The molecule has 0 amide bonds. The number of thiazole rings is 1. The van der Waals surface area contributed by atoms with Crippen molar-refractivity contribution in [3.63, 3.8) is 0 Å². The van der Waals surface area contributed by atoms with Crippen molar-refractivity contribution in [3.8, 4) is 0 Å². The summed E-state index contributed by atoms with van der Waals surface area (Å²) in [7, 11) is 0. The summed E-state index contributed by atoms with van der Waals surface area (Å²) in [5.74, 6) is -1.20. The van der Waals surface area contributed by atoms with Crippen molar-refractivity contribution >= 4 is 23.0 Å². The van der Waals surface area contributed by atoms with Gasteiger partial charge in [0.1, 0.15) is 10.8 Å². The van der Waals surface area contributed by atoms with Crippen LogP contribution in [0.5, 0.6) is 0 Å². The van der Waals surface area contributed by atoms with Gasteiger partial charge in [0.05, 0.1) is 18.7 Å². The van der Waals surface area contributed by atoms with Crippen molar-refractivity contribution < 1.29 is 14.3 Å². The number of benzene rings is 1. The Hall–Kier alpha value is -1.95. The van der Waals surface area contributed by atoms with Crippen molar-refractivity contribution in [2.24, 2.45) is 0 Å². The van der Waals surface area contributed by atoms with Crippen molar-refractivity contribution in [3.05, 3.63) is 46.2 Å². The molecule has 0 aliphatic carbocycles. The molecule has 0 aliphatic rings. The van der Waals surface area contributed by atoms with Gasteiger partial charge >= 0.3 is 5.97 Å². The highest BCUT2D eigenvalue weighted by Gasteiger charge is 2.06. The molecule has 0 atom stereocenters. The molecule has 2 aromatic rings. The van der Waals surface area contributed by atoms with Crippen LogP contribution >= 0.6 is 11.3 Å². The fraction of sp³-hybridized carbons (Fsp3) is 0.167. The van der Waals surface area contributed by atoms with Crippen molar-refractivity contribution in [2.45, 2.75) is 13.0 Å². The van der Waals surface area contributed by atoms with E-state index in [9.17, 15) is 9.18 Å². The maximum Gasteiger partial charge on any atom is 0.309 e. The first-order valence-electron chi connectivity index (χ1n) is 5.28. The summed E-state index contributed by atoms with van der Waals surface area (Å²) < 4.78 is 12.9. The maximum absolute atomic E-state index is 12.9. The lowest BCUT2D eigenvalue weighted by atomic mass is 10.3. The number of aliphatic carboxylic acids is 1. The Morgan fingerprint density at radius 2 is 2.33 bits per heavy atom. The Bertz CT molecular complexity index is 557. The number of aromatic nitrogens is 1. The lowest BCUT2D eigenvalue weighted by Crippen LogP contribution is -2.02. The van der Waals surface area contributed by atoms with Crippen LogP contribution in [-0.2, 0) is 17.8 Å². The molecule has 1 aromatic heterocycles. The van der Waals surface area contributed by atoms with E-state index < -0.39 is 5.97 Å². The molecule has 94 valence electrons. The molecule has 0 aliphatic heterocycles. The van der Waals surface area contributed by atoms with E-state index in [4.69, 9.17) is 5.11 Å². The van der Waals surface area contributed by atoms with Crippen LogP contribution in [0.25, 0.3) is 0 Å². The zero-order valence-electron chi connectivity index (χ0n) is 9.39. The summed E-state index contributed by atoms with van der Waals surface area (Å²) in [6, 6.07) is 6.15. The molecule has 0 saturated heterocycles. The predicted octanol–water partition coefficient (Wildman–Crippen LogP) is 2.52. The van der Waals surface area contributed by atoms with Gasteiger partial charge in [0.25, 0.3) is 0 Å². The molecule has 0 spiro atoms. The topological polar surface area (TPSA) is 62.2 Å². The number of carbonyl (C=O) groups is 1. The maximum atomic E-state index is 12.9. The molecule has 18 heavy (non-hydrogen) atoms. The second-order valence-corrected chi connectivity index (χ2v) is 4.61. The van der Waals surface area contributed by atoms with Gasteiger partial charge in [-0.3, -0.25) is 4.79 Å². The number of anilines is 1. The van der Waals surface area contributed by atoms with E-state index in [-0.39, 0.29) is 12.2 Å². The monoisotopic (exact) mass is 266 g/mol. The average molecular weight is 266 g/mol. The second-order valence-electron chi connectivity index (χ2n) is 3.67. The van der Waals surface area contributed by atoms with Crippen LogP contribution in [0.15, 0.2) is 29.6 Å². The van der Waals surface area contributed by atoms with Gasteiger partial charge in [-0.1, -0.05) is 6.07 Å². The Labute approximate surface area is 107 Å². The Kier molecular flexibility index (Phi) is 3.88. The molecule has 6 heteroatoms. The van der Waals surface area contributed by atoms with Crippen LogP contribution in [0.2, 0.25) is 0 Å². The fourth-order valence-electron chi connectivity index (χ4n) is 1.44. The summed E-state index contributed by atoms with van der Waals surface area (Å²) in [6.45, 7) is 0.452. The first-order chi connectivity index (χ1) is 8.63. The minimum absolute atomic E-state index is 0.0730. The SMILES string of the molecule is O=C(O)Cc1csc(CNc2cccc(F)c2)n1. The summed E-state index contributed by atoms with van der Waals surface area (Å²) in [5, 5.41) is 14.1.